The molecule has 1 aromatic carbocycles. The molecule has 2 rings (SSSR count). The lowest BCUT2D eigenvalue weighted by atomic mass is 10.3. The number of aromatic nitrogens is 3. The third kappa shape index (κ3) is 4.37. The maximum absolute atomic E-state index is 5.61. The Kier molecular flexibility index (Phi) is 5.37. The molecular weight excluding hydrogens is 240 g/mol. The van der Waals surface area contributed by atoms with Crippen molar-refractivity contribution in [1.29, 1.82) is 0 Å². The first-order chi connectivity index (χ1) is 9.40. The highest BCUT2D eigenvalue weighted by atomic mass is 16.5. The Bertz CT molecular complexity index is 469. The molecule has 0 aliphatic rings. The van der Waals surface area contributed by atoms with Crippen LogP contribution in [0, 0.1) is 0 Å². The lowest BCUT2D eigenvalue weighted by molar-refractivity contribution is 0.307. The second kappa shape index (κ2) is 7.53. The molecule has 0 amide bonds. The fourth-order valence-corrected chi connectivity index (χ4v) is 1.79. The van der Waals surface area contributed by atoms with Gasteiger partial charge in [0.15, 0.2) is 0 Å². The van der Waals surface area contributed by atoms with Gasteiger partial charge in [-0.1, -0.05) is 18.2 Å². The standard InChI is InChI=1S/C14H20N4O/c1-2-18-14(16-12-17-18)11-15-9-6-10-19-13-7-4-3-5-8-13/h3-5,7-8,12,15H,2,6,9-11H2,1H3. The molecule has 0 saturated carbocycles. The van der Waals surface area contributed by atoms with Crippen molar-refractivity contribution >= 4 is 0 Å². The van der Waals surface area contributed by atoms with Crippen molar-refractivity contribution in [2.24, 2.45) is 0 Å². The summed E-state index contributed by atoms with van der Waals surface area (Å²) in [4.78, 5) is 4.21. The Labute approximate surface area is 113 Å². The van der Waals surface area contributed by atoms with E-state index in [0.717, 1.165) is 44.2 Å². The monoisotopic (exact) mass is 260 g/mol. The highest BCUT2D eigenvalue weighted by molar-refractivity contribution is 5.20. The number of ether oxygens (including phenoxy) is 1. The molecule has 1 N–H and O–H groups in total. The zero-order chi connectivity index (χ0) is 13.3. The van der Waals surface area contributed by atoms with Gasteiger partial charge in [0.1, 0.15) is 17.9 Å². The smallest absolute Gasteiger partial charge is 0.140 e. The van der Waals surface area contributed by atoms with Gasteiger partial charge in [-0.05, 0) is 32.0 Å². The fourth-order valence-electron chi connectivity index (χ4n) is 1.79. The number of para-hydroxylation sites is 1. The summed E-state index contributed by atoms with van der Waals surface area (Å²) in [6, 6.07) is 9.88. The Morgan fingerprint density at radius 2 is 2.11 bits per heavy atom. The number of hydrogen-bond acceptors (Lipinski definition) is 4. The summed E-state index contributed by atoms with van der Waals surface area (Å²) >= 11 is 0. The zero-order valence-corrected chi connectivity index (χ0v) is 11.2. The number of aryl methyl sites for hydroxylation is 1. The third-order valence-electron chi connectivity index (χ3n) is 2.79. The van der Waals surface area contributed by atoms with Gasteiger partial charge in [0.25, 0.3) is 0 Å². The molecule has 5 nitrogen and oxygen atoms in total. The highest BCUT2D eigenvalue weighted by Crippen LogP contribution is 2.08. The van der Waals surface area contributed by atoms with Crippen LogP contribution in [0.5, 0.6) is 5.75 Å². The van der Waals surface area contributed by atoms with Crippen molar-refractivity contribution in [2.45, 2.75) is 26.4 Å². The molecule has 0 aliphatic carbocycles. The van der Waals surface area contributed by atoms with Crippen molar-refractivity contribution in [1.82, 2.24) is 20.1 Å². The minimum atomic E-state index is 0.720. The van der Waals surface area contributed by atoms with Crippen molar-refractivity contribution < 1.29 is 4.74 Å². The lowest BCUT2D eigenvalue weighted by Crippen LogP contribution is -2.20. The lowest BCUT2D eigenvalue weighted by Gasteiger charge is -2.07. The normalized spacial score (nSPS) is 10.6. The van der Waals surface area contributed by atoms with E-state index in [9.17, 15) is 0 Å². The molecule has 0 saturated heterocycles. The van der Waals surface area contributed by atoms with Crippen molar-refractivity contribution in [3.8, 4) is 5.75 Å². The van der Waals surface area contributed by atoms with Crippen LogP contribution < -0.4 is 10.1 Å². The van der Waals surface area contributed by atoms with Crippen LogP contribution in [0.25, 0.3) is 0 Å². The number of nitrogens with one attached hydrogen (secondary N) is 1. The summed E-state index contributed by atoms with van der Waals surface area (Å²) in [5.74, 6) is 1.90. The molecule has 0 bridgehead atoms. The van der Waals surface area contributed by atoms with E-state index in [2.05, 4.69) is 22.3 Å². The number of benzene rings is 1. The topological polar surface area (TPSA) is 52.0 Å². The van der Waals surface area contributed by atoms with Gasteiger partial charge in [0, 0.05) is 6.54 Å². The van der Waals surface area contributed by atoms with Crippen LogP contribution in [0.1, 0.15) is 19.2 Å². The van der Waals surface area contributed by atoms with Gasteiger partial charge in [-0.25, -0.2) is 9.67 Å². The van der Waals surface area contributed by atoms with E-state index in [1.54, 1.807) is 6.33 Å². The van der Waals surface area contributed by atoms with Gasteiger partial charge in [0.05, 0.1) is 13.2 Å². The van der Waals surface area contributed by atoms with Crippen LogP contribution in [0.15, 0.2) is 36.7 Å². The zero-order valence-electron chi connectivity index (χ0n) is 11.2. The van der Waals surface area contributed by atoms with Crippen LogP contribution in [-0.2, 0) is 13.1 Å². The average Bonchev–Trinajstić information content (AvgIpc) is 2.91. The molecule has 102 valence electrons. The summed E-state index contributed by atoms with van der Waals surface area (Å²) in [6.07, 6.45) is 2.56. The van der Waals surface area contributed by atoms with Crippen molar-refractivity contribution in [2.75, 3.05) is 13.2 Å². The summed E-state index contributed by atoms with van der Waals surface area (Å²) in [5.41, 5.74) is 0. The predicted octanol–water partition coefficient (Wildman–Crippen LogP) is 1.86. The van der Waals surface area contributed by atoms with Gasteiger partial charge in [-0.15, -0.1) is 0 Å². The van der Waals surface area contributed by atoms with E-state index in [-0.39, 0.29) is 0 Å². The Balaban J connectivity index is 1.58. The minimum Gasteiger partial charge on any atom is -0.494 e. The molecule has 0 fully saturated rings. The van der Waals surface area contributed by atoms with Crippen molar-refractivity contribution in [3.05, 3.63) is 42.5 Å². The quantitative estimate of drug-likeness (QED) is 0.736. The number of hydrogen-bond donors (Lipinski definition) is 1. The Hall–Kier alpha value is -1.88. The number of nitrogens with zero attached hydrogens (tertiary/aromatic N) is 3. The first kappa shape index (κ1) is 13.5. The van der Waals surface area contributed by atoms with Crippen LogP contribution in [-0.4, -0.2) is 27.9 Å². The second-order valence-corrected chi connectivity index (χ2v) is 4.18. The summed E-state index contributed by atoms with van der Waals surface area (Å²) < 4.78 is 7.51. The van der Waals surface area contributed by atoms with Gasteiger partial charge < -0.3 is 10.1 Å². The molecule has 0 aliphatic heterocycles. The SMILES string of the molecule is CCn1ncnc1CNCCCOc1ccccc1. The molecule has 1 aromatic heterocycles. The molecule has 1 heterocycles. The van der Waals surface area contributed by atoms with E-state index in [4.69, 9.17) is 4.74 Å². The molecule has 19 heavy (non-hydrogen) atoms. The maximum Gasteiger partial charge on any atom is 0.140 e. The molecule has 0 atom stereocenters. The van der Waals surface area contributed by atoms with E-state index in [1.165, 1.54) is 0 Å². The molecular formula is C14H20N4O. The molecule has 2 aromatic rings. The third-order valence-corrected chi connectivity index (χ3v) is 2.79. The average molecular weight is 260 g/mol. The van der Waals surface area contributed by atoms with E-state index < -0.39 is 0 Å². The van der Waals surface area contributed by atoms with Crippen LogP contribution in [0.4, 0.5) is 0 Å². The maximum atomic E-state index is 5.61. The van der Waals surface area contributed by atoms with Gasteiger partial charge in [-0.3, -0.25) is 0 Å². The second-order valence-electron chi connectivity index (χ2n) is 4.18. The van der Waals surface area contributed by atoms with Crippen molar-refractivity contribution in [3.63, 3.8) is 0 Å². The molecule has 0 spiro atoms. The largest absolute Gasteiger partial charge is 0.494 e. The van der Waals surface area contributed by atoms with E-state index in [1.807, 2.05) is 35.0 Å². The predicted molar refractivity (Wildman–Crippen MR) is 74.0 cm³/mol. The van der Waals surface area contributed by atoms with Crippen LogP contribution in [0.2, 0.25) is 0 Å². The first-order valence-corrected chi connectivity index (χ1v) is 6.65. The summed E-state index contributed by atoms with van der Waals surface area (Å²) in [5, 5.41) is 7.48. The first-order valence-electron chi connectivity index (χ1n) is 6.65. The molecule has 0 radical (unpaired) electrons. The Morgan fingerprint density at radius 1 is 1.26 bits per heavy atom. The number of rotatable bonds is 8. The molecule has 0 unspecified atom stereocenters. The van der Waals surface area contributed by atoms with Crippen LogP contribution >= 0.6 is 0 Å². The van der Waals surface area contributed by atoms with Gasteiger partial charge in [-0.2, -0.15) is 5.10 Å². The fraction of sp³-hybridized carbons (Fsp3) is 0.429. The summed E-state index contributed by atoms with van der Waals surface area (Å²) in [6.45, 7) is 5.29. The minimum absolute atomic E-state index is 0.720. The molecule has 5 heteroatoms. The van der Waals surface area contributed by atoms with Crippen LogP contribution in [0.3, 0.4) is 0 Å². The summed E-state index contributed by atoms with van der Waals surface area (Å²) in [7, 11) is 0. The highest BCUT2D eigenvalue weighted by Gasteiger charge is 2.00. The van der Waals surface area contributed by atoms with E-state index >= 15 is 0 Å². The van der Waals surface area contributed by atoms with Gasteiger partial charge in [0.2, 0.25) is 0 Å². The van der Waals surface area contributed by atoms with E-state index in [0.29, 0.717) is 0 Å². The Morgan fingerprint density at radius 3 is 2.89 bits per heavy atom. The van der Waals surface area contributed by atoms with Gasteiger partial charge >= 0.3 is 0 Å².